The van der Waals surface area contributed by atoms with Crippen LogP contribution in [-0.4, -0.2) is 37.4 Å². The Morgan fingerprint density at radius 1 is 1.47 bits per heavy atom. The van der Waals surface area contributed by atoms with Gasteiger partial charge >= 0.3 is 5.97 Å². The monoisotopic (exact) mass is 255 g/mol. The highest BCUT2D eigenvalue weighted by molar-refractivity contribution is 6.30. The van der Waals surface area contributed by atoms with Crippen LogP contribution in [0.2, 0.25) is 5.02 Å². The first-order chi connectivity index (χ1) is 8.10. The highest BCUT2D eigenvalue weighted by Crippen LogP contribution is 2.36. The van der Waals surface area contributed by atoms with E-state index in [1.54, 1.807) is 19.2 Å². The topological polar surface area (TPSA) is 58.6 Å². The van der Waals surface area contributed by atoms with Crippen molar-refractivity contribution in [3.8, 4) is 0 Å². The Kier molecular flexibility index (Phi) is 3.38. The third-order valence-electron chi connectivity index (χ3n) is 3.23. The summed E-state index contributed by atoms with van der Waals surface area (Å²) in [4.78, 5) is 11.3. The summed E-state index contributed by atoms with van der Waals surface area (Å²) in [6.07, 6.45) is 0. The van der Waals surface area contributed by atoms with Crippen LogP contribution in [0.5, 0.6) is 0 Å². The van der Waals surface area contributed by atoms with Crippen molar-refractivity contribution in [3.63, 3.8) is 0 Å². The van der Waals surface area contributed by atoms with Crippen LogP contribution in [-0.2, 0) is 14.9 Å². The lowest BCUT2D eigenvalue weighted by Crippen LogP contribution is -2.62. The first-order valence-electron chi connectivity index (χ1n) is 5.34. The molecule has 1 saturated heterocycles. The van der Waals surface area contributed by atoms with Crippen LogP contribution in [0.25, 0.3) is 0 Å². The van der Waals surface area contributed by atoms with Gasteiger partial charge < -0.3 is 15.2 Å². The third kappa shape index (κ3) is 2.04. The highest BCUT2D eigenvalue weighted by atomic mass is 35.5. The Balaban J connectivity index is 2.36. The molecule has 0 bridgehead atoms. The molecule has 92 valence electrons. The fourth-order valence-corrected chi connectivity index (χ4v) is 2.37. The molecule has 0 spiro atoms. The van der Waals surface area contributed by atoms with Crippen molar-refractivity contribution in [1.29, 1.82) is 0 Å². The van der Waals surface area contributed by atoms with Crippen molar-refractivity contribution in [3.05, 3.63) is 34.9 Å². The molecule has 5 heteroatoms. The van der Waals surface area contributed by atoms with E-state index in [1.165, 1.54) is 0 Å². The molecule has 2 N–H and O–H groups in total. The summed E-state index contributed by atoms with van der Waals surface area (Å²) in [5.74, 6) is -0.870. The minimum absolute atomic E-state index is 0.409. The molecule has 2 rings (SSSR count). The Bertz CT molecular complexity index is 414. The molecule has 1 unspecified atom stereocenters. The van der Waals surface area contributed by atoms with Crippen LogP contribution in [0.3, 0.4) is 0 Å². The van der Waals surface area contributed by atoms with Crippen LogP contribution >= 0.6 is 11.6 Å². The minimum atomic E-state index is -0.870. The van der Waals surface area contributed by atoms with Crippen LogP contribution < -0.4 is 5.32 Å². The van der Waals surface area contributed by atoms with E-state index in [0.717, 1.165) is 5.56 Å². The van der Waals surface area contributed by atoms with Gasteiger partial charge in [-0.3, -0.25) is 4.79 Å². The third-order valence-corrected chi connectivity index (χ3v) is 3.48. The first kappa shape index (κ1) is 12.4. The van der Waals surface area contributed by atoms with Crippen LogP contribution in [0.1, 0.15) is 5.56 Å². The average Bonchev–Trinajstić information content (AvgIpc) is 2.24. The largest absolute Gasteiger partial charge is 0.480 e. The van der Waals surface area contributed by atoms with E-state index in [2.05, 4.69) is 5.32 Å². The maximum absolute atomic E-state index is 11.3. The van der Waals surface area contributed by atoms with Gasteiger partial charge in [-0.15, -0.1) is 0 Å². The molecular formula is C12H14ClNO3. The van der Waals surface area contributed by atoms with Gasteiger partial charge in [-0.05, 0) is 24.7 Å². The second-order valence-electron chi connectivity index (χ2n) is 4.22. The lowest BCUT2D eigenvalue weighted by atomic mass is 9.72. The molecule has 4 nitrogen and oxygen atoms in total. The Hall–Kier alpha value is -1.10. The SMILES string of the molecule is CNC(C(=O)O)C1(c2ccc(Cl)cc2)COC1. The quantitative estimate of drug-likeness (QED) is 0.851. The summed E-state index contributed by atoms with van der Waals surface area (Å²) in [6, 6.07) is 6.60. The second-order valence-corrected chi connectivity index (χ2v) is 4.65. The standard InChI is InChI=1S/C12H14ClNO3/c1-14-10(11(15)16)12(6-17-7-12)8-2-4-9(13)5-3-8/h2-5,10,14H,6-7H2,1H3,(H,15,16). The number of halogens is 1. The summed E-state index contributed by atoms with van der Waals surface area (Å²) >= 11 is 5.84. The smallest absolute Gasteiger partial charge is 0.321 e. The van der Waals surface area contributed by atoms with E-state index in [9.17, 15) is 9.90 Å². The number of nitrogens with one attached hydrogen (secondary N) is 1. The molecular weight excluding hydrogens is 242 g/mol. The molecule has 1 heterocycles. The van der Waals surface area contributed by atoms with Crippen molar-refractivity contribution in [2.75, 3.05) is 20.3 Å². The van der Waals surface area contributed by atoms with E-state index in [-0.39, 0.29) is 0 Å². The number of rotatable bonds is 4. The molecule has 1 aromatic carbocycles. The summed E-state index contributed by atoms with van der Waals surface area (Å²) in [6.45, 7) is 0.818. The fraction of sp³-hybridized carbons (Fsp3) is 0.417. The number of hydrogen-bond acceptors (Lipinski definition) is 3. The lowest BCUT2D eigenvalue weighted by molar-refractivity contribution is -0.150. The maximum Gasteiger partial charge on any atom is 0.321 e. The van der Waals surface area contributed by atoms with Gasteiger partial charge in [-0.25, -0.2) is 0 Å². The Morgan fingerprint density at radius 2 is 2.06 bits per heavy atom. The van der Waals surface area contributed by atoms with Crippen LogP contribution in [0.4, 0.5) is 0 Å². The number of benzene rings is 1. The number of ether oxygens (including phenoxy) is 1. The van der Waals surface area contributed by atoms with E-state index in [1.807, 2.05) is 12.1 Å². The lowest BCUT2D eigenvalue weighted by Gasteiger charge is -2.45. The molecule has 0 amide bonds. The van der Waals surface area contributed by atoms with Crippen molar-refractivity contribution in [2.45, 2.75) is 11.5 Å². The summed E-state index contributed by atoms with van der Waals surface area (Å²) in [5, 5.41) is 12.7. The molecule has 1 fully saturated rings. The fourth-order valence-electron chi connectivity index (χ4n) is 2.24. The number of aliphatic carboxylic acids is 1. The van der Waals surface area contributed by atoms with Crippen molar-refractivity contribution in [1.82, 2.24) is 5.32 Å². The van der Waals surface area contributed by atoms with E-state index < -0.39 is 17.4 Å². The maximum atomic E-state index is 11.3. The van der Waals surface area contributed by atoms with Crippen molar-refractivity contribution < 1.29 is 14.6 Å². The molecule has 1 aliphatic rings. The van der Waals surface area contributed by atoms with Gasteiger partial charge in [0, 0.05) is 5.02 Å². The summed E-state index contributed by atoms with van der Waals surface area (Å²) in [5.41, 5.74) is 0.445. The van der Waals surface area contributed by atoms with Gasteiger partial charge in [0.15, 0.2) is 0 Å². The second kappa shape index (κ2) is 4.64. The zero-order chi connectivity index (χ0) is 12.5. The van der Waals surface area contributed by atoms with Gasteiger partial charge in [0.1, 0.15) is 6.04 Å². The van der Waals surface area contributed by atoms with Crippen LogP contribution in [0, 0.1) is 0 Å². The van der Waals surface area contributed by atoms with Gasteiger partial charge in [-0.1, -0.05) is 23.7 Å². The van der Waals surface area contributed by atoms with Gasteiger partial charge in [0.25, 0.3) is 0 Å². The summed E-state index contributed by atoms with van der Waals surface area (Å²) in [7, 11) is 1.65. The van der Waals surface area contributed by atoms with Gasteiger partial charge in [0.05, 0.1) is 18.6 Å². The van der Waals surface area contributed by atoms with E-state index in [4.69, 9.17) is 16.3 Å². The average molecular weight is 256 g/mol. The molecule has 0 saturated carbocycles. The van der Waals surface area contributed by atoms with Crippen molar-refractivity contribution in [2.24, 2.45) is 0 Å². The van der Waals surface area contributed by atoms with Crippen molar-refractivity contribution >= 4 is 17.6 Å². The Morgan fingerprint density at radius 3 is 2.41 bits per heavy atom. The zero-order valence-electron chi connectivity index (χ0n) is 9.44. The van der Waals surface area contributed by atoms with Crippen LogP contribution in [0.15, 0.2) is 24.3 Å². The normalized spacial score (nSPS) is 19.4. The summed E-state index contributed by atoms with van der Waals surface area (Å²) < 4.78 is 5.22. The predicted molar refractivity (Wildman–Crippen MR) is 64.4 cm³/mol. The highest BCUT2D eigenvalue weighted by Gasteiger charge is 2.50. The minimum Gasteiger partial charge on any atom is -0.480 e. The number of hydrogen-bond donors (Lipinski definition) is 2. The number of carboxylic acid groups (broad SMARTS) is 1. The van der Waals surface area contributed by atoms with Gasteiger partial charge in [0.2, 0.25) is 0 Å². The molecule has 1 aromatic rings. The van der Waals surface area contributed by atoms with E-state index in [0.29, 0.717) is 18.2 Å². The molecule has 0 aliphatic carbocycles. The zero-order valence-corrected chi connectivity index (χ0v) is 10.2. The van der Waals surface area contributed by atoms with Gasteiger partial charge in [-0.2, -0.15) is 0 Å². The Labute approximate surface area is 105 Å². The number of likely N-dealkylation sites (N-methyl/N-ethyl adjacent to an activating group) is 1. The predicted octanol–water partition coefficient (Wildman–Crippen LogP) is 1.28. The molecule has 0 radical (unpaired) electrons. The molecule has 0 aromatic heterocycles. The molecule has 1 aliphatic heterocycles. The first-order valence-corrected chi connectivity index (χ1v) is 5.72. The van der Waals surface area contributed by atoms with E-state index >= 15 is 0 Å². The number of carbonyl (C=O) groups is 1. The molecule has 17 heavy (non-hydrogen) atoms. The number of carboxylic acids is 1. The molecule has 1 atom stereocenters.